The van der Waals surface area contributed by atoms with Crippen LogP contribution in [0.1, 0.15) is 12.2 Å². The molecule has 0 radical (unpaired) electrons. The van der Waals surface area contributed by atoms with Gasteiger partial charge in [0.2, 0.25) is 0 Å². The molecule has 3 rings (SSSR count). The van der Waals surface area contributed by atoms with Gasteiger partial charge in [0.1, 0.15) is 6.54 Å². The van der Waals surface area contributed by atoms with E-state index in [-0.39, 0.29) is 12.3 Å². The first-order valence-corrected chi connectivity index (χ1v) is 7.97. The maximum absolute atomic E-state index is 12.5. The van der Waals surface area contributed by atoms with Crippen LogP contribution in [0.4, 0.5) is 5.69 Å². The maximum atomic E-state index is 12.5. The summed E-state index contributed by atoms with van der Waals surface area (Å²) in [6.07, 6.45) is 1.16. The second-order valence-electron chi connectivity index (χ2n) is 5.75. The van der Waals surface area contributed by atoms with Crippen LogP contribution >= 0.6 is 0 Å². The van der Waals surface area contributed by atoms with Gasteiger partial charge in [0.15, 0.2) is 11.8 Å². The number of hydrogen-bond donors (Lipinski definition) is 2. The van der Waals surface area contributed by atoms with Crippen molar-refractivity contribution in [2.75, 3.05) is 5.32 Å². The lowest BCUT2D eigenvalue weighted by Gasteiger charge is -2.16. The number of carboxylic acids is 1. The van der Waals surface area contributed by atoms with E-state index in [0.717, 1.165) is 10.8 Å². The van der Waals surface area contributed by atoms with E-state index < -0.39 is 12.0 Å². The van der Waals surface area contributed by atoms with Crippen LogP contribution in [0.5, 0.6) is 0 Å². The van der Waals surface area contributed by atoms with Gasteiger partial charge in [-0.15, -0.1) is 0 Å². The monoisotopic (exact) mass is 338 g/mol. The zero-order chi connectivity index (χ0) is 17.6. The Morgan fingerprint density at radius 1 is 1.08 bits per heavy atom. The zero-order valence-electron chi connectivity index (χ0n) is 13.5. The SMILES string of the molecule is O=C([O-])C[C@H]([NH2+]Cc1ccco1)C(=O)Nc1ccc2ccccc2c1. The van der Waals surface area contributed by atoms with E-state index in [2.05, 4.69) is 5.32 Å². The quantitative estimate of drug-likeness (QED) is 0.660. The zero-order valence-corrected chi connectivity index (χ0v) is 13.5. The van der Waals surface area contributed by atoms with Crippen molar-refractivity contribution < 1.29 is 24.4 Å². The highest BCUT2D eigenvalue weighted by molar-refractivity contribution is 5.97. The second-order valence-corrected chi connectivity index (χ2v) is 5.75. The number of anilines is 1. The molecule has 2 aromatic carbocycles. The Morgan fingerprint density at radius 3 is 2.60 bits per heavy atom. The topological polar surface area (TPSA) is 99.0 Å². The van der Waals surface area contributed by atoms with E-state index in [4.69, 9.17) is 4.42 Å². The predicted molar refractivity (Wildman–Crippen MR) is 90.3 cm³/mol. The third-order valence-corrected chi connectivity index (χ3v) is 3.92. The molecule has 1 atom stereocenters. The molecule has 25 heavy (non-hydrogen) atoms. The lowest BCUT2D eigenvalue weighted by Crippen LogP contribution is -2.91. The Balaban J connectivity index is 1.70. The van der Waals surface area contributed by atoms with Gasteiger partial charge in [-0.05, 0) is 35.0 Å². The largest absolute Gasteiger partial charge is 0.550 e. The van der Waals surface area contributed by atoms with Gasteiger partial charge < -0.3 is 25.0 Å². The van der Waals surface area contributed by atoms with Crippen molar-refractivity contribution in [1.82, 2.24) is 0 Å². The predicted octanol–water partition coefficient (Wildman–Crippen LogP) is 0.644. The lowest BCUT2D eigenvalue weighted by molar-refractivity contribution is -0.693. The van der Waals surface area contributed by atoms with Gasteiger partial charge in [-0.3, -0.25) is 4.79 Å². The molecule has 0 aliphatic heterocycles. The van der Waals surface area contributed by atoms with Crippen molar-refractivity contribution >= 4 is 28.3 Å². The second kappa shape index (κ2) is 7.63. The highest BCUT2D eigenvalue weighted by Crippen LogP contribution is 2.18. The highest BCUT2D eigenvalue weighted by Gasteiger charge is 2.22. The molecule has 0 aliphatic carbocycles. The summed E-state index contributed by atoms with van der Waals surface area (Å²) in [7, 11) is 0. The number of aliphatic carboxylic acids is 1. The van der Waals surface area contributed by atoms with Crippen LogP contribution < -0.4 is 15.7 Å². The van der Waals surface area contributed by atoms with Gasteiger partial charge in [-0.25, -0.2) is 0 Å². The molecule has 0 fully saturated rings. The molecule has 1 amide bonds. The summed E-state index contributed by atoms with van der Waals surface area (Å²) in [6.45, 7) is 0.371. The molecule has 128 valence electrons. The van der Waals surface area contributed by atoms with Crippen LogP contribution in [-0.2, 0) is 16.1 Å². The van der Waals surface area contributed by atoms with Crippen LogP contribution in [0.3, 0.4) is 0 Å². The number of benzene rings is 2. The minimum Gasteiger partial charge on any atom is -0.550 e. The Labute approximate surface area is 144 Å². The fourth-order valence-corrected chi connectivity index (χ4v) is 2.65. The van der Waals surface area contributed by atoms with Gasteiger partial charge in [-0.2, -0.15) is 0 Å². The number of carbonyl (C=O) groups excluding carboxylic acids is 2. The van der Waals surface area contributed by atoms with Crippen molar-refractivity contribution in [2.24, 2.45) is 0 Å². The normalized spacial score (nSPS) is 12.0. The first-order chi connectivity index (χ1) is 12.1. The molecule has 0 saturated carbocycles. The molecule has 0 bridgehead atoms. The fourth-order valence-electron chi connectivity index (χ4n) is 2.65. The third kappa shape index (κ3) is 4.45. The van der Waals surface area contributed by atoms with Crippen LogP contribution in [-0.4, -0.2) is 17.9 Å². The van der Waals surface area contributed by atoms with E-state index in [0.29, 0.717) is 18.0 Å². The van der Waals surface area contributed by atoms with E-state index >= 15 is 0 Å². The van der Waals surface area contributed by atoms with Crippen molar-refractivity contribution in [3.8, 4) is 0 Å². The smallest absolute Gasteiger partial charge is 0.283 e. The Hall–Kier alpha value is -3.12. The summed E-state index contributed by atoms with van der Waals surface area (Å²) in [5.74, 6) is -0.984. The molecule has 0 saturated heterocycles. The summed E-state index contributed by atoms with van der Waals surface area (Å²) in [5, 5.41) is 17.4. The number of furan rings is 1. The fraction of sp³-hybridized carbons (Fsp3) is 0.158. The van der Waals surface area contributed by atoms with Crippen LogP contribution in [0, 0.1) is 0 Å². The number of carboxylic acid groups (broad SMARTS) is 1. The standard InChI is InChI=1S/C19H18N2O4/c22-18(23)11-17(20-12-16-6-3-9-25-16)19(24)21-15-8-7-13-4-1-2-5-14(13)10-15/h1-10,17,20H,11-12H2,(H,21,24)(H,22,23)/t17-/m0/s1. The van der Waals surface area contributed by atoms with E-state index in [1.54, 1.807) is 23.5 Å². The van der Waals surface area contributed by atoms with Crippen molar-refractivity contribution in [3.05, 3.63) is 66.6 Å². The Kier molecular flexibility index (Phi) is 5.11. The summed E-state index contributed by atoms with van der Waals surface area (Å²) in [4.78, 5) is 23.4. The van der Waals surface area contributed by atoms with E-state index in [1.807, 2.05) is 36.4 Å². The van der Waals surface area contributed by atoms with E-state index in [1.165, 1.54) is 6.26 Å². The first kappa shape index (κ1) is 16.7. The molecule has 3 aromatic rings. The average Bonchev–Trinajstić information content (AvgIpc) is 3.11. The van der Waals surface area contributed by atoms with Gasteiger partial charge >= 0.3 is 0 Å². The first-order valence-electron chi connectivity index (χ1n) is 7.97. The average molecular weight is 338 g/mol. The molecular formula is C19H18N2O4. The number of carbonyl (C=O) groups is 2. The third-order valence-electron chi connectivity index (χ3n) is 3.92. The molecule has 0 unspecified atom stereocenters. The minimum atomic E-state index is -1.27. The Bertz CT molecular complexity index is 874. The Morgan fingerprint density at radius 2 is 1.88 bits per heavy atom. The van der Waals surface area contributed by atoms with Gasteiger partial charge in [0.05, 0.1) is 6.26 Å². The molecule has 0 spiro atoms. The lowest BCUT2D eigenvalue weighted by atomic mass is 10.1. The number of rotatable bonds is 7. The molecular weight excluding hydrogens is 320 g/mol. The molecule has 0 aliphatic rings. The molecule has 1 aromatic heterocycles. The summed E-state index contributed by atoms with van der Waals surface area (Å²) in [5.41, 5.74) is 0.624. The van der Waals surface area contributed by atoms with Crippen LogP contribution in [0.2, 0.25) is 0 Å². The minimum absolute atomic E-state index is 0.371. The highest BCUT2D eigenvalue weighted by atomic mass is 16.4. The number of quaternary nitrogens is 1. The number of amides is 1. The van der Waals surface area contributed by atoms with Gasteiger partial charge in [0, 0.05) is 18.1 Å². The van der Waals surface area contributed by atoms with Crippen molar-refractivity contribution in [3.63, 3.8) is 0 Å². The van der Waals surface area contributed by atoms with Gasteiger partial charge in [-0.1, -0.05) is 30.3 Å². The summed E-state index contributed by atoms with van der Waals surface area (Å²) >= 11 is 0. The van der Waals surface area contributed by atoms with Crippen LogP contribution in [0.25, 0.3) is 10.8 Å². The number of nitrogens with one attached hydrogen (secondary N) is 1. The number of hydrogen-bond acceptors (Lipinski definition) is 4. The maximum Gasteiger partial charge on any atom is 0.283 e. The number of nitrogens with two attached hydrogens (primary N) is 1. The van der Waals surface area contributed by atoms with Crippen molar-refractivity contribution in [2.45, 2.75) is 19.0 Å². The molecule has 1 heterocycles. The molecule has 3 N–H and O–H groups in total. The van der Waals surface area contributed by atoms with E-state index in [9.17, 15) is 14.7 Å². The van der Waals surface area contributed by atoms with Crippen molar-refractivity contribution in [1.29, 1.82) is 0 Å². The molecule has 6 heteroatoms. The molecule has 6 nitrogen and oxygen atoms in total. The van der Waals surface area contributed by atoms with Crippen LogP contribution in [0.15, 0.2) is 65.3 Å². The summed E-state index contributed by atoms with van der Waals surface area (Å²) in [6, 6.07) is 16.1. The van der Waals surface area contributed by atoms with Gasteiger partial charge in [0.25, 0.3) is 5.91 Å². The number of fused-ring (bicyclic) bond motifs is 1. The summed E-state index contributed by atoms with van der Waals surface area (Å²) < 4.78 is 5.21.